The topological polar surface area (TPSA) is 0 Å². The maximum absolute atomic E-state index is 3.98. The molecule has 0 radical (unpaired) electrons. The van der Waals surface area contributed by atoms with Crippen LogP contribution in [0, 0.1) is 11.8 Å². The maximum atomic E-state index is 3.98. The summed E-state index contributed by atoms with van der Waals surface area (Å²) in [5.41, 5.74) is 2.94. The summed E-state index contributed by atoms with van der Waals surface area (Å²) in [5.74, 6) is 1.59. The Kier molecular flexibility index (Phi) is 10.6. The van der Waals surface area contributed by atoms with Crippen LogP contribution in [0.4, 0.5) is 0 Å². The maximum Gasteiger partial charge on any atom is 0.0286 e. The van der Waals surface area contributed by atoms with E-state index in [0.29, 0.717) is 0 Å². The number of hydrogen-bond donors (Lipinski definition) is 0. The quantitative estimate of drug-likeness (QED) is 0.267. The van der Waals surface area contributed by atoms with Gasteiger partial charge in [0.05, 0.1) is 0 Å². The SMILES string of the molecule is CCCCC(CC)Cc1ccc2c(Br)cc(CC(CC)CCCC)c(Br)c2c1. The van der Waals surface area contributed by atoms with Crippen LogP contribution >= 0.6 is 31.9 Å². The molecule has 2 aromatic rings. The molecule has 0 aromatic heterocycles. The minimum absolute atomic E-state index is 0.780. The largest absolute Gasteiger partial charge is 0.0654 e. The lowest BCUT2D eigenvalue weighted by atomic mass is 9.89. The normalized spacial score (nSPS) is 13.8. The van der Waals surface area contributed by atoms with Crippen molar-refractivity contribution < 1.29 is 0 Å². The lowest BCUT2D eigenvalue weighted by molar-refractivity contribution is 0.448. The molecular weight excluding hydrogens is 472 g/mol. The van der Waals surface area contributed by atoms with Gasteiger partial charge in [-0.05, 0) is 74.6 Å². The smallest absolute Gasteiger partial charge is 0.0286 e. The highest BCUT2D eigenvalue weighted by molar-refractivity contribution is 9.11. The first kappa shape index (κ1) is 23.9. The fourth-order valence-corrected chi connectivity index (χ4v) is 5.48. The summed E-state index contributed by atoms with van der Waals surface area (Å²) in [6, 6.07) is 9.43. The lowest BCUT2D eigenvalue weighted by Crippen LogP contribution is -2.05. The fourth-order valence-electron chi connectivity index (χ4n) is 4.25. The van der Waals surface area contributed by atoms with Crippen LogP contribution in [0.25, 0.3) is 10.8 Å². The van der Waals surface area contributed by atoms with Crippen molar-refractivity contribution in [2.75, 3.05) is 0 Å². The minimum atomic E-state index is 0.780. The molecule has 2 heteroatoms. The van der Waals surface area contributed by atoms with Crippen LogP contribution in [0.15, 0.2) is 33.2 Å². The van der Waals surface area contributed by atoms with E-state index in [0.717, 1.165) is 11.8 Å². The van der Waals surface area contributed by atoms with Gasteiger partial charge in [0.15, 0.2) is 0 Å². The van der Waals surface area contributed by atoms with Crippen LogP contribution in [0.3, 0.4) is 0 Å². The highest BCUT2D eigenvalue weighted by Crippen LogP contribution is 2.37. The van der Waals surface area contributed by atoms with Crippen molar-refractivity contribution in [1.82, 2.24) is 0 Å². The summed E-state index contributed by atoms with van der Waals surface area (Å²) in [4.78, 5) is 0. The Morgan fingerprint density at radius 1 is 0.750 bits per heavy atom. The molecular formula is C26H38Br2. The molecule has 0 aliphatic heterocycles. The third-order valence-corrected chi connectivity index (χ3v) is 7.87. The molecule has 0 fully saturated rings. The van der Waals surface area contributed by atoms with E-state index in [1.165, 1.54) is 95.1 Å². The van der Waals surface area contributed by atoms with Crippen LogP contribution in [0.5, 0.6) is 0 Å². The predicted octanol–water partition coefficient (Wildman–Crippen LogP) is 9.88. The Morgan fingerprint density at radius 2 is 1.36 bits per heavy atom. The van der Waals surface area contributed by atoms with E-state index in [1.54, 1.807) is 0 Å². The first-order valence-corrected chi connectivity index (χ1v) is 13.0. The Balaban J connectivity index is 2.30. The Bertz CT molecular complexity index is 735. The molecule has 0 saturated heterocycles. The first-order chi connectivity index (χ1) is 13.5. The van der Waals surface area contributed by atoms with Crippen LogP contribution < -0.4 is 0 Å². The van der Waals surface area contributed by atoms with Crippen molar-refractivity contribution in [3.05, 3.63) is 44.3 Å². The van der Waals surface area contributed by atoms with Crippen molar-refractivity contribution in [1.29, 1.82) is 0 Å². The Hall–Kier alpha value is -0.340. The van der Waals surface area contributed by atoms with Crippen LogP contribution in [0.1, 0.15) is 90.2 Å². The second-order valence-electron chi connectivity index (χ2n) is 8.45. The van der Waals surface area contributed by atoms with Gasteiger partial charge in [-0.25, -0.2) is 0 Å². The van der Waals surface area contributed by atoms with Crippen molar-refractivity contribution in [3.8, 4) is 0 Å². The molecule has 28 heavy (non-hydrogen) atoms. The second kappa shape index (κ2) is 12.4. The fraction of sp³-hybridized carbons (Fsp3) is 0.615. The van der Waals surface area contributed by atoms with E-state index in [2.05, 4.69) is 83.8 Å². The van der Waals surface area contributed by atoms with Crippen molar-refractivity contribution in [2.45, 2.75) is 91.9 Å². The summed E-state index contributed by atoms with van der Waals surface area (Å²) in [7, 11) is 0. The van der Waals surface area contributed by atoms with E-state index < -0.39 is 0 Å². The number of rotatable bonds is 12. The molecule has 2 atom stereocenters. The van der Waals surface area contributed by atoms with Crippen LogP contribution in [-0.4, -0.2) is 0 Å². The van der Waals surface area contributed by atoms with E-state index in [1.807, 2.05) is 0 Å². The van der Waals surface area contributed by atoms with E-state index >= 15 is 0 Å². The predicted molar refractivity (Wildman–Crippen MR) is 133 cm³/mol. The molecule has 0 amide bonds. The van der Waals surface area contributed by atoms with Gasteiger partial charge in [0.1, 0.15) is 0 Å². The van der Waals surface area contributed by atoms with Gasteiger partial charge in [0.2, 0.25) is 0 Å². The third kappa shape index (κ3) is 6.59. The van der Waals surface area contributed by atoms with Gasteiger partial charge in [0, 0.05) is 8.95 Å². The molecule has 0 spiro atoms. The summed E-state index contributed by atoms with van der Waals surface area (Å²) in [6.07, 6.45) is 12.9. The van der Waals surface area contributed by atoms with Gasteiger partial charge >= 0.3 is 0 Å². The zero-order chi connectivity index (χ0) is 20.5. The third-order valence-electron chi connectivity index (χ3n) is 6.28. The van der Waals surface area contributed by atoms with E-state index in [-0.39, 0.29) is 0 Å². The molecule has 0 aliphatic rings. The zero-order valence-electron chi connectivity index (χ0n) is 18.3. The molecule has 156 valence electrons. The molecule has 0 saturated carbocycles. The van der Waals surface area contributed by atoms with Gasteiger partial charge in [0.25, 0.3) is 0 Å². The lowest BCUT2D eigenvalue weighted by Gasteiger charge is -2.19. The van der Waals surface area contributed by atoms with Gasteiger partial charge in [-0.2, -0.15) is 0 Å². The van der Waals surface area contributed by atoms with Gasteiger partial charge in [-0.1, -0.05) is 107 Å². The zero-order valence-corrected chi connectivity index (χ0v) is 21.5. The Labute approximate surface area is 190 Å². The van der Waals surface area contributed by atoms with Gasteiger partial charge in [-0.3, -0.25) is 0 Å². The number of benzene rings is 2. The molecule has 0 heterocycles. The monoisotopic (exact) mass is 508 g/mol. The van der Waals surface area contributed by atoms with Crippen LogP contribution in [0.2, 0.25) is 0 Å². The highest BCUT2D eigenvalue weighted by Gasteiger charge is 2.15. The summed E-state index contributed by atoms with van der Waals surface area (Å²) in [6.45, 7) is 9.26. The average Bonchev–Trinajstić information content (AvgIpc) is 2.71. The van der Waals surface area contributed by atoms with E-state index in [9.17, 15) is 0 Å². The second-order valence-corrected chi connectivity index (χ2v) is 10.1. The first-order valence-electron chi connectivity index (χ1n) is 11.4. The van der Waals surface area contributed by atoms with E-state index in [4.69, 9.17) is 0 Å². The molecule has 0 bridgehead atoms. The molecule has 0 nitrogen and oxygen atoms in total. The number of fused-ring (bicyclic) bond motifs is 1. The minimum Gasteiger partial charge on any atom is -0.0654 e. The molecule has 2 unspecified atom stereocenters. The van der Waals surface area contributed by atoms with Crippen molar-refractivity contribution >= 4 is 42.6 Å². The standard InChI is InChI=1S/C26H38Br2/c1-5-9-11-19(7-3)15-21-13-14-23-24(17-21)26(28)22(18-25(23)27)16-20(8-4)12-10-6-2/h13-14,17-20H,5-12,15-16H2,1-4H3. The highest BCUT2D eigenvalue weighted by atomic mass is 79.9. The number of halogens is 2. The molecule has 0 aliphatic carbocycles. The van der Waals surface area contributed by atoms with Gasteiger partial charge < -0.3 is 0 Å². The summed E-state index contributed by atoms with van der Waals surface area (Å²) >= 11 is 7.83. The Morgan fingerprint density at radius 3 is 1.93 bits per heavy atom. The summed E-state index contributed by atoms with van der Waals surface area (Å²) in [5, 5.41) is 2.69. The number of unbranched alkanes of at least 4 members (excludes halogenated alkanes) is 2. The average molecular weight is 510 g/mol. The summed E-state index contributed by atoms with van der Waals surface area (Å²) < 4.78 is 2.54. The number of hydrogen-bond acceptors (Lipinski definition) is 0. The van der Waals surface area contributed by atoms with Crippen LogP contribution in [-0.2, 0) is 12.8 Å². The van der Waals surface area contributed by atoms with Crippen molar-refractivity contribution in [2.24, 2.45) is 11.8 Å². The molecule has 2 rings (SSSR count). The van der Waals surface area contributed by atoms with Gasteiger partial charge in [-0.15, -0.1) is 0 Å². The molecule has 0 N–H and O–H groups in total. The van der Waals surface area contributed by atoms with Crippen molar-refractivity contribution in [3.63, 3.8) is 0 Å². The molecule has 2 aromatic carbocycles.